The van der Waals surface area contributed by atoms with E-state index in [1.165, 1.54) is 11.0 Å². The summed E-state index contributed by atoms with van der Waals surface area (Å²) < 4.78 is 1.51. The highest BCUT2D eigenvalue weighted by atomic mass is 16.2. The van der Waals surface area contributed by atoms with E-state index in [0.717, 1.165) is 18.5 Å². The van der Waals surface area contributed by atoms with Gasteiger partial charge in [-0.15, -0.1) is 5.10 Å². The van der Waals surface area contributed by atoms with Crippen LogP contribution < -0.4 is 5.32 Å². The van der Waals surface area contributed by atoms with Crippen molar-refractivity contribution in [2.45, 2.75) is 19.8 Å². The number of carbonyl (C=O) groups excluding carboxylic acids is 2. The highest BCUT2D eigenvalue weighted by molar-refractivity contribution is 5.96. The van der Waals surface area contributed by atoms with Crippen molar-refractivity contribution >= 4 is 17.5 Å². The molecule has 1 aromatic carbocycles. The summed E-state index contributed by atoms with van der Waals surface area (Å²) in [6.45, 7) is 2.67. The van der Waals surface area contributed by atoms with Gasteiger partial charge >= 0.3 is 0 Å². The minimum atomic E-state index is -0.243. The van der Waals surface area contributed by atoms with Gasteiger partial charge < -0.3 is 10.2 Å². The number of nitrogens with one attached hydrogen (secondary N) is 1. The number of nitrogens with zero attached hydrogens (tertiary/aromatic N) is 5. The largest absolute Gasteiger partial charge is 0.331 e. The van der Waals surface area contributed by atoms with Crippen LogP contribution in [0.25, 0.3) is 5.69 Å². The molecule has 1 aromatic heterocycles. The first-order valence-electron chi connectivity index (χ1n) is 8.03. The maximum Gasteiger partial charge on any atom is 0.298 e. The van der Waals surface area contributed by atoms with Gasteiger partial charge in [0.15, 0.2) is 0 Å². The zero-order valence-corrected chi connectivity index (χ0v) is 13.8. The molecule has 1 N–H and O–H groups in total. The Morgan fingerprint density at radius 2 is 2.24 bits per heavy atom. The van der Waals surface area contributed by atoms with Crippen LogP contribution in [0.5, 0.6) is 0 Å². The predicted molar refractivity (Wildman–Crippen MR) is 90.5 cm³/mol. The van der Waals surface area contributed by atoms with Gasteiger partial charge in [0.2, 0.25) is 5.91 Å². The highest BCUT2D eigenvalue weighted by Crippen LogP contribution is 2.20. The van der Waals surface area contributed by atoms with Crippen molar-refractivity contribution in [2.24, 2.45) is 5.92 Å². The zero-order chi connectivity index (χ0) is 17.6. The van der Waals surface area contributed by atoms with E-state index in [0.29, 0.717) is 18.8 Å². The molecule has 25 heavy (non-hydrogen) atoms. The lowest BCUT2D eigenvalue weighted by atomic mass is 9.97. The first-order chi connectivity index (χ1) is 12.2. The standard InChI is InChI=1S/C17H18N6O2/c1-2-5-16(24)22-9-4-6-13(11-22)17(25)19-14-7-3-8-15(10-14)23-12-18-20-21-23/h3,7-8,10,12-13H,4,6,9,11H2,1H3,(H,19,25). The molecule has 0 spiro atoms. The van der Waals surface area contributed by atoms with E-state index in [1.54, 1.807) is 24.0 Å². The number of tetrazole rings is 1. The molecule has 1 aliphatic heterocycles. The lowest BCUT2D eigenvalue weighted by Crippen LogP contribution is -2.43. The Kier molecular flexibility index (Phi) is 5.04. The van der Waals surface area contributed by atoms with Crippen molar-refractivity contribution in [3.05, 3.63) is 30.6 Å². The Bertz CT molecular complexity index is 821. The number of amides is 2. The minimum absolute atomic E-state index is 0.101. The molecular formula is C17H18N6O2. The topological polar surface area (TPSA) is 93.0 Å². The summed E-state index contributed by atoms with van der Waals surface area (Å²) in [6, 6.07) is 7.26. The molecule has 1 atom stereocenters. The van der Waals surface area contributed by atoms with E-state index in [1.807, 2.05) is 12.1 Å². The quantitative estimate of drug-likeness (QED) is 0.838. The average molecular weight is 338 g/mol. The lowest BCUT2D eigenvalue weighted by Gasteiger charge is -2.30. The third-order valence-electron chi connectivity index (χ3n) is 4.04. The number of piperidine rings is 1. The summed E-state index contributed by atoms with van der Waals surface area (Å²) in [6.07, 6.45) is 3.03. The Balaban J connectivity index is 1.66. The molecule has 1 aliphatic rings. The van der Waals surface area contributed by atoms with Crippen LogP contribution in [-0.4, -0.2) is 50.0 Å². The van der Waals surface area contributed by atoms with E-state index in [9.17, 15) is 9.59 Å². The zero-order valence-electron chi connectivity index (χ0n) is 13.8. The van der Waals surface area contributed by atoms with Crippen LogP contribution in [0.15, 0.2) is 30.6 Å². The first-order valence-corrected chi connectivity index (χ1v) is 8.03. The van der Waals surface area contributed by atoms with Gasteiger partial charge in [0.25, 0.3) is 5.91 Å². The average Bonchev–Trinajstić information content (AvgIpc) is 3.17. The smallest absolute Gasteiger partial charge is 0.298 e. The molecule has 2 amide bonds. The normalized spacial score (nSPS) is 16.7. The van der Waals surface area contributed by atoms with E-state index < -0.39 is 0 Å². The second-order valence-corrected chi connectivity index (χ2v) is 5.76. The molecule has 1 unspecified atom stereocenters. The molecule has 0 aliphatic carbocycles. The van der Waals surface area contributed by atoms with Gasteiger partial charge in [-0.2, -0.15) is 0 Å². The van der Waals surface area contributed by atoms with Crippen LogP contribution in [-0.2, 0) is 9.59 Å². The second-order valence-electron chi connectivity index (χ2n) is 5.76. The van der Waals surface area contributed by atoms with Crippen LogP contribution in [0.4, 0.5) is 5.69 Å². The second kappa shape index (κ2) is 7.57. The number of carbonyl (C=O) groups is 2. The molecule has 3 rings (SSSR count). The Morgan fingerprint density at radius 3 is 3.00 bits per heavy atom. The molecule has 0 radical (unpaired) electrons. The third kappa shape index (κ3) is 4.01. The molecule has 2 aromatic rings. The van der Waals surface area contributed by atoms with E-state index in [-0.39, 0.29) is 17.7 Å². The fraction of sp³-hybridized carbons (Fsp3) is 0.353. The summed E-state index contributed by atoms with van der Waals surface area (Å²) >= 11 is 0. The van der Waals surface area contributed by atoms with Crippen molar-refractivity contribution in [1.29, 1.82) is 0 Å². The first kappa shape index (κ1) is 16.6. The number of aromatic nitrogens is 4. The molecule has 8 heteroatoms. The fourth-order valence-electron chi connectivity index (χ4n) is 2.81. The third-order valence-corrected chi connectivity index (χ3v) is 4.04. The van der Waals surface area contributed by atoms with E-state index in [4.69, 9.17) is 0 Å². The number of hydrogen-bond donors (Lipinski definition) is 1. The Labute approximate surface area is 145 Å². The van der Waals surface area contributed by atoms with Gasteiger partial charge in [-0.1, -0.05) is 12.0 Å². The van der Waals surface area contributed by atoms with Crippen LogP contribution in [0.3, 0.4) is 0 Å². The molecule has 128 valence electrons. The number of likely N-dealkylation sites (tertiary alicyclic amines) is 1. The Morgan fingerprint density at radius 1 is 1.36 bits per heavy atom. The lowest BCUT2D eigenvalue weighted by molar-refractivity contribution is -0.129. The van der Waals surface area contributed by atoms with Crippen LogP contribution in [0, 0.1) is 17.8 Å². The van der Waals surface area contributed by atoms with E-state index in [2.05, 4.69) is 32.7 Å². The summed E-state index contributed by atoms with van der Waals surface area (Å²) in [5, 5.41) is 13.9. The molecule has 1 fully saturated rings. The van der Waals surface area contributed by atoms with E-state index >= 15 is 0 Å². The monoisotopic (exact) mass is 338 g/mol. The van der Waals surface area contributed by atoms with Crippen molar-refractivity contribution in [3.8, 4) is 17.5 Å². The number of rotatable bonds is 3. The number of hydrogen-bond acceptors (Lipinski definition) is 5. The maximum absolute atomic E-state index is 12.6. The fourth-order valence-corrected chi connectivity index (χ4v) is 2.81. The molecule has 0 bridgehead atoms. The Hall–Kier alpha value is -3.21. The van der Waals surface area contributed by atoms with Crippen LogP contribution in [0.2, 0.25) is 0 Å². The van der Waals surface area contributed by atoms with Crippen LogP contribution >= 0.6 is 0 Å². The van der Waals surface area contributed by atoms with Gasteiger partial charge in [-0.05, 0) is 54.3 Å². The summed E-state index contributed by atoms with van der Waals surface area (Å²) in [7, 11) is 0. The number of anilines is 1. The molecule has 2 heterocycles. The van der Waals surface area contributed by atoms with Gasteiger partial charge in [0, 0.05) is 18.8 Å². The molecule has 8 nitrogen and oxygen atoms in total. The van der Waals surface area contributed by atoms with Crippen LogP contribution in [0.1, 0.15) is 19.8 Å². The maximum atomic E-state index is 12.6. The molecular weight excluding hydrogens is 320 g/mol. The summed E-state index contributed by atoms with van der Waals surface area (Å²) in [5.41, 5.74) is 1.41. The van der Waals surface area contributed by atoms with Crippen molar-refractivity contribution < 1.29 is 9.59 Å². The van der Waals surface area contributed by atoms with Gasteiger partial charge in [0.05, 0.1) is 11.6 Å². The van der Waals surface area contributed by atoms with Crippen molar-refractivity contribution in [1.82, 2.24) is 25.1 Å². The minimum Gasteiger partial charge on any atom is -0.331 e. The highest BCUT2D eigenvalue weighted by Gasteiger charge is 2.27. The molecule has 1 saturated heterocycles. The van der Waals surface area contributed by atoms with Gasteiger partial charge in [0.1, 0.15) is 6.33 Å². The SMILES string of the molecule is CC#CC(=O)N1CCCC(C(=O)Nc2cccc(-n3cnnn3)c2)C1. The molecule has 0 saturated carbocycles. The predicted octanol–water partition coefficient (Wildman–Crippen LogP) is 0.863. The summed E-state index contributed by atoms with van der Waals surface area (Å²) in [4.78, 5) is 26.1. The van der Waals surface area contributed by atoms with Crippen molar-refractivity contribution in [3.63, 3.8) is 0 Å². The van der Waals surface area contributed by atoms with Gasteiger partial charge in [-0.3, -0.25) is 9.59 Å². The van der Waals surface area contributed by atoms with Gasteiger partial charge in [-0.25, -0.2) is 4.68 Å². The summed E-state index contributed by atoms with van der Waals surface area (Å²) in [5.74, 6) is 4.57. The number of benzene rings is 1. The van der Waals surface area contributed by atoms with Crippen molar-refractivity contribution in [2.75, 3.05) is 18.4 Å².